The van der Waals surface area contributed by atoms with Crippen molar-refractivity contribution in [1.29, 1.82) is 0 Å². The molecule has 1 aliphatic heterocycles. The third-order valence-corrected chi connectivity index (χ3v) is 4.05. The van der Waals surface area contributed by atoms with E-state index < -0.39 is 30.0 Å². The Hall–Kier alpha value is -3.13. The van der Waals surface area contributed by atoms with Crippen LogP contribution in [0.5, 0.6) is 5.75 Å². The molecule has 0 aliphatic carbocycles. The zero-order valence-corrected chi connectivity index (χ0v) is 15.0. The molecule has 9 heteroatoms. The molecule has 1 aromatic heterocycles. The third kappa shape index (κ3) is 4.53. The smallest absolute Gasteiger partial charge is 0.310 e. The monoisotopic (exact) mass is 389 g/mol. The number of carbonyl (C=O) groups excluding carboxylic acids is 3. The van der Waals surface area contributed by atoms with Crippen molar-refractivity contribution < 1.29 is 23.9 Å². The van der Waals surface area contributed by atoms with Crippen LogP contribution in [0.2, 0.25) is 5.15 Å². The molecule has 2 aromatic rings. The summed E-state index contributed by atoms with van der Waals surface area (Å²) in [6.45, 7) is 1.41. The van der Waals surface area contributed by atoms with E-state index in [1.54, 1.807) is 36.4 Å². The van der Waals surface area contributed by atoms with Crippen LogP contribution in [0.25, 0.3) is 0 Å². The van der Waals surface area contributed by atoms with E-state index in [-0.39, 0.29) is 11.6 Å². The van der Waals surface area contributed by atoms with Gasteiger partial charge < -0.3 is 20.1 Å². The molecule has 0 bridgehead atoms. The summed E-state index contributed by atoms with van der Waals surface area (Å²) in [6.07, 6.45) is -0.969. The maximum Gasteiger partial charge on any atom is 0.310 e. The number of pyridine rings is 1. The Morgan fingerprint density at radius 1 is 1.33 bits per heavy atom. The van der Waals surface area contributed by atoms with Crippen LogP contribution >= 0.6 is 11.6 Å². The van der Waals surface area contributed by atoms with Crippen molar-refractivity contribution in [3.63, 3.8) is 0 Å². The van der Waals surface area contributed by atoms with E-state index in [2.05, 4.69) is 15.6 Å². The average Bonchev–Trinajstić information content (AvgIpc) is 2.64. The zero-order chi connectivity index (χ0) is 19.4. The highest BCUT2D eigenvalue weighted by Gasteiger charge is 2.31. The zero-order valence-electron chi connectivity index (χ0n) is 14.3. The number of hydrogen-bond donors (Lipinski definition) is 2. The Kier molecular flexibility index (Phi) is 5.56. The first-order chi connectivity index (χ1) is 12.9. The highest BCUT2D eigenvalue weighted by molar-refractivity contribution is 6.32. The summed E-state index contributed by atoms with van der Waals surface area (Å²) >= 11 is 5.87. The van der Waals surface area contributed by atoms with Gasteiger partial charge in [0.2, 0.25) is 0 Å². The molecule has 27 heavy (non-hydrogen) atoms. The van der Waals surface area contributed by atoms with Gasteiger partial charge in [-0.1, -0.05) is 23.7 Å². The van der Waals surface area contributed by atoms with Crippen molar-refractivity contribution in [2.75, 3.05) is 10.6 Å². The number of aromatic nitrogens is 1. The quantitative estimate of drug-likeness (QED) is 0.600. The fourth-order valence-corrected chi connectivity index (χ4v) is 2.56. The molecule has 2 N–H and O–H groups in total. The Bertz CT molecular complexity index is 889. The standard InChI is InChI=1S/C18H16ClN3O5/c1-10(17(24)22-12-6-4-8-20-16(12)19)26-15(23)9-14-18(25)21-11-5-2-3-7-13(11)27-14/h2-8,10,14H,9H2,1H3,(H,21,25)(H,22,24)/t10-,14-/m0/s1. The molecule has 2 amide bonds. The molecule has 0 saturated carbocycles. The van der Waals surface area contributed by atoms with Gasteiger partial charge in [-0.2, -0.15) is 0 Å². The summed E-state index contributed by atoms with van der Waals surface area (Å²) in [7, 11) is 0. The average molecular weight is 390 g/mol. The number of benzene rings is 1. The summed E-state index contributed by atoms with van der Waals surface area (Å²) in [5.74, 6) is -1.30. The number of esters is 1. The van der Waals surface area contributed by atoms with Gasteiger partial charge in [0.15, 0.2) is 17.4 Å². The van der Waals surface area contributed by atoms with E-state index in [9.17, 15) is 14.4 Å². The number of anilines is 2. The largest absolute Gasteiger partial charge is 0.478 e. The molecule has 0 unspecified atom stereocenters. The van der Waals surface area contributed by atoms with Crippen LogP contribution < -0.4 is 15.4 Å². The van der Waals surface area contributed by atoms with E-state index >= 15 is 0 Å². The molecule has 0 fully saturated rings. The van der Waals surface area contributed by atoms with Crippen LogP contribution in [-0.2, 0) is 19.1 Å². The molecule has 1 aromatic carbocycles. The molecule has 2 atom stereocenters. The number of nitrogens with one attached hydrogen (secondary N) is 2. The lowest BCUT2D eigenvalue weighted by Gasteiger charge is -2.25. The minimum atomic E-state index is -1.09. The molecule has 3 rings (SSSR count). The van der Waals surface area contributed by atoms with Crippen molar-refractivity contribution >= 4 is 40.8 Å². The number of rotatable bonds is 5. The number of carbonyl (C=O) groups is 3. The van der Waals surface area contributed by atoms with Crippen LogP contribution in [0.1, 0.15) is 13.3 Å². The van der Waals surface area contributed by atoms with Gasteiger partial charge in [0.05, 0.1) is 17.8 Å². The maximum atomic E-state index is 12.1. The highest BCUT2D eigenvalue weighted by atomic mass is 35.5. The number of ether oxygens (including phenoxy) is 2. The number of hydrogen-bond acceptors (Lipinski definition) is 6. The minimum absolute atomic E-state index is 0.121. The SMILES string of the molecule is C[C@H](OC(=O)C[C@@H]1Oc2ccccc2NC1=O)C(=O)Nc1cccnc1Cl. The molecule has 0 radical (unpaired) electrons. The molecule has 1 aliphatic rings. The van der Waals surface area contributed by atoms with Crippen LogP contribution in [0.4, 0.5) is 11.4 Å². The Morgan fingerprint density at radius 2 is 2.11 bits per heavy atom. The Morgan fingerprint density at radius 3 is 2.89 bits per heavy atom. The van der Waals surface area contributed by atoms with Gasteiger partial charge in [-0.3, -0.25) is 14.4 Å². The summed E-state index contributed by atoms with van der Waals surface area (Å²) in [5, 5.41) is 5.30. The number of nitrogens with zero attached hydrogens (tertiary/aromatic N) is 1. The molecular weight excluding hydrogens is 374 g/mol. The van der Waals surface area contributed by atoms with E-state index in [0.717, 1.165) is 0 Å². The predicted molar refractivity (Wildman–Crippen MR) is 97.5 cm³/mol. The molecule has 140 valence electrons. The van der Waals surface area contributed by atoms with Gasteiger partial charge >= 0.3 is 5.97 Å². The fraction of sp³-hybridized carbons (Fsp3) is 0.222. The first kappa shape index (κ1) is 18.7. The normalized spacial score (nSPS) is 16.4. The van der Waals surface area contributed by atoms with E-state index in [1.165, 1.54) is 13.1 Å². The second-order valence-electron chi connectivity index (χ2n) is 5.76. The number of para-hydroxylation sites is 2. The predicted octanol–water partition coefficient (Wildman–Crippen LogP) is 2.40. The molecule has 8 nitrogen and oxygen atoms in total. The first-order valence-electron chi connectivity index (χ1n) is 8.11. The van der Waals surface area contributed by atoms with Crippen molar-refractivity contribution in [2.45, 2.75) is 25.6 Å². The number of halogens is 1. The van der Waals surface area contributed by atoms with Gasteiger partial charge in [-0.25, -0.2) is 4.98 Å². The second kappa shape index (κ2) is 8.05. The molecule has 2 heterocycles. The summed E-state index contributed by atoms with van der Waals surface area (Å²) in [4.78, 5) is 40.1. The summed E-state index contributed by atoms with van der Waals surface area (Å²) < 4.78 is 10.6. The first-order valence-corrected chi connectivity index (χ1v) is 8.49. The molecular formula is C18H16ClN3O5. The highest BCUT2D eigenvalue weighted by Crippen LogP contribution is 2.29. The Balaban J connectivity index is 1.55. The summed E-state index contributed by atoms with van der Waals surface area (Å²) in [6, 6.07) is 10.1. The van der Waals surface area contributed by atoms with E-state index in [0.29, 0.717) is 17.1 Å². The lowest BCUT2D eigenvalue weighted by Crippen LogP contribution is -2.40. The summed E-state index contributed by atoms with van der Waals surface area (Å²) in [5.41, 5.74) is 0.840. The third-order valence-electron chi connectivity index (χ3n) is 3.75. The van der Waals surface area contributed by atoms with Crippen LogP contribution in [-0.4, -0.2) is 35.0 Å². The lowest BCUT2D eigenvalue weighted by molar-refractivity contribution is -0.155. The molecule has 0 saturated heterocycles. The lowest BCUT2D eigenvalue weighted by atomic mass is 10.1. The number of fused-ring (bicyclic) bond motifs is 1. The fourth-order valence-electron chi connectivity index (χ4n) is 2.39. The minimum Gasteiger partial charge on any atom is -0.478 e. The van der Waals surface area contributed by atoms with Crippen LogP contribution in [0, 0.1) is 0 Å². The van der Waals surface area contributed by atoms with Gasteiger partial charge in [0, 0.05) is 6.20 Å². The van der Waals surface area contributed by atoms with Crippen LogP contribution in [0.15, 0.2) is 42.6 Å². The topological polar surface area (TPSA) is 107 Å². The Labute approximate surface area is 159 Å². The van der Waals surface area contributed by atoms with Gasteiger partial charge in [-0.05, 0) is 31.2 Å². The van der Waals surface area contributed by atoms with Crippen molar-refractivity contribution in [1.82, 2.24) is 4.98 Å². The second-order valence-corrected chi connectivity index (χ2v) is 6.12. The van der Waals surface area contributed by atoms with Crippen molar-refractivity contribution in [2.24, 2.45) is 0 Å². The van der Waals surface area contributed by atoms with E-state index in [4.69, 9.17) is 21.1 Å². The van der Waals surface area contributed by atoms with Gasteiger partial charge in [0.25, 0.3) is 11.8 Å². The van der Waals surface area contributed by atoms with Crippen molar-refractivity contribution in [3.05, 3.63) is 47.7 Å². The maximum absolute atomic E-state index is 12.1. The number of amides is 2. The van der Waals surface area contributed by atoms with Gasteiger partial charge in [0.1, 0.15) is 5.75 Å². The van der Waals surface area contributed by atoms with Crippen molar-refractivity contribution in [3.8, 4) is 5.75 Å². The van der Waals surface area contributed by atoms with Gasteiger partial charge in [-0.15, -0.1) is 0 Å². The van der Waals surface area contributed by atoms with E-state index in [1.807, 2.05) is 0 Å². The molecule has 0 spiro atoms. The van der Waals surface area contributed by atoms with Crippen LogP contribution in [0.3, 0.4) is 0 Å².